The maximum atomic E-state index is 12.4. The Bertz CT molecular complexity index is 491. The van der Waals surface area contributed by atoms with Crippen LogP contribution in [-0.2, 0) is 18.3 Å². The number of aliphatic carboxylic acids is 1. The van der Waals surface area contributed by atoms with E-state index in [1.54, 1.807) is 17.9 Å². The lowest BCUT2D eigenvalue weighted by Gasteiger charge is -2.20. The molecule has 0 saturated heterocycles. The number of hydrogen-bond acceptors (Lipinski definition) is 3. The smallest absolute Gasteiger partial charge is 0.323 e. The number of aromatic nitrogens is 2. The van der Waals surface area contributed by atoms with Crippen molar-refractivity contribution in [3.63, 3.8) is 0 Å². The fourth-order valence-corrected chi connectivity index (χ4v) is 2.14. The Balaban J connectivity index is 2.18. The Labute approximate surface area is 112 Å². The minimum Gasteiger partial charge on any atom is -0.480 e. The number of aryl methyl sites for hydroxylation is 2. The van der Waals surface area contributed by atoms with E-state index in [2.05, 4.69) is 5.10 Å². The summed E-state index contributed by atoms with van der Waals surface area (Å²) in [4.78, 5) is 24.8. The topological polar surface area (TPSA) is 75.4 Å². The van der Waals surface area contributed by atoms with Crippen molar-refractivity contribution in [3.05, 3.63) is 17.5 Å². The van der Waals surface area contributed by atoms with Gasteiger partial charge in [-0.1, -0.05) is 6.92 Å². The molecule has 0 radical (unpaired) electrons. The maximum Gasteiger partial charge on any atom is 0.323 e. The van der Waals surface area contributed by atoms with Crippen LogP contribution in [0.25, 0.3) is 0 Å². The van der Waals surface area contributed by atoms with E-state index in [1.807, 2.05) is 6.92 Å². The summed E-state index contributed by atoms with van der Waals surface area (Å²) >= 11 is 0. The highest BCUT2D eigenvalue weighted by atomic mass is 16.4. The van der Waals surface area contributed by atoms with Crippen molar-refractivity contribution in [2.75, 3.05) is 13.1 Å². The van der Waals surface area contributed by atoms with E-state index in [1.165, 1.54) is 4.90 Å². The molecule has 1 aliphatic carbocycles. The molecule has 1 heterocycles. The van der Waals surface area contributed by atoms with Gasteiger partial charge in [-0.25, -0.2) is 0 Å². The second-order valence-corrected chi connectivity index (χ2v) is 5.04. The fourth-order valence-electron chi connectivity index (χ4n) is 2.14. The van der Waals surface area contributed by atoms with E-state index < -0.39 is 5.97 Å². The fraction of sp³-hybridized carbons (Fsp3) is 0.615. The van der Waals surface area contributed by atoms with Crippen LogP contribution in [0, 0.1) is 5.92 Å². The average molecular weight is 265 g/mol. The average Bonchev–Trinajstić information content (AvgIpc) is 3.07. The normalized spacial score (nSPS) is 14.4. The molecule has 1 aromatic rings. The van der Waals surface area contributed by atoms with Gasteiger partial charge in [-0.2, -0.15) is 5.10 Å². The van der Waals surface area contributed by atoms with E-state index in [-0.39, 0.29) is 12.5 Å². The van der Waals surface area contributed by atoms with E-state index in [4.69, 9.17) is 5.11 Å². The first kappa shape index (κ1) is 13.6. The highest BCUT2D eigenvalue weighted by molar-refractivity contribution is 5.96. The lowest BCUT2D eigenvalue weighted by atomic mass is 10.2. The SMILES string of the molecule is CCc1nn(C)cc1C(=O)N(CC(=O)O)CC1CC1. The molecule has 6 nitrogen and oxygen atoms in total. The summed E-state index contributed by atoms with van der Waals surface area (Å²) in [6, 6.07) is 0. The summed E-state index contributed by atoms with van der Waals surface area (Å²) in [5, 5.41) is 13.2. The number of nitrogens with zero attached hydrogens (tertiary/aromatic N) is 3. The van der Waals surface area contributed by atoms with Crippen LogP contribution in [0.2, 0.25) is 0 Å². The highest BCUT2D eigenvalue weighted by Crippen LogP contribution is 2.30. The molecule has 0 spiro atoms. The van der Waals surface area contributed by atoms with Crippen molar-refractivity contribution >= 4 is 11.9 Å². The van der Waals surface area contributed by atoms with Crippen LogP contribution < -0.4 is 0 Å². The van der Waals surface area contributed by atoms with Crippen molar-refractivity contribution in [1.29, 1.82) is 0 Å². The molecule has 0 atom stereocenters. The van der Waals surface area contributed by atoms with Gasteiger partial charge in [-0.3, -0.25) is 14.3 Å². The monoisotopic (exact) mass is 265 g/mol. The van der Waals surface area contributed by atoms with Crippen LogP contribution in [0.4, 0.5) is 0 Å². The standard InChI is InChI=1S/C13H19N3O3/c1-3-11-10(7-15(2)14-11)13(19)16(8-12(17)18)6-9-4-5-9/h7,9H,3-6,8H2,1-2H3,(H,17,18). The summed E-state index contributed by atoms with van der Waals surface area (Å²) in [7, 11) is 1.76. The Morgan fingerprint density at radius 2 is 2.21 bits per heavy atom. The summed E-state index contributed by atoms with van der Waals surface area (Å²) in [5.41, 5.74) is 1.24. The summed E-state index contributed by atoms with van der Waals surface area (Å²) < 4.78 is 1.60. The molecule has 0 aromatic carbocycles. The lowest BCUT2D eigenvalue weighted by molar-refractivity contribution is -0.137. The molecule has 1 saturated carbocycles. The first-order chi connectivity index (χ1) is 9.01. The van der Waals surface area contributed by atoms with E-state index in [0.717, 1.165) is 18.5 Å². The van der Waals surface area contributed by atoms with Crippen LogP contribution in [0.1, 0.15) is 35.8 Å². The van der Waals surface area contributed by atoms with E-state index in [0.29, 0.717) is 24.4 Å². The number of carbonyl (C=O) groups excluding carboxylic acids is 1. The third-order valence-corrected chi connectivity index (χ3v) is 3.26. The minimum absolute atomic E-state index is 0.223. The predicted molar refractivity (Wildman–Crippen MR) is 68.8 cm³/mol. The first-order valence-corrected chi connectivity index (χ1v) is 6.54. The summed E-state index contributed by atoms with van der Waals surface area (Å²) in [5.74, 6) is -0.736. The molecule has 0 unspecified atom stereocenters. The molecule has 0 bridgehead atoms. The van der Waals surface area contributed by atoms with Gasteiger partial charge in [0.15, 0.2) is 0 Å². The molecule has 6 heteroatoms. The number of rotatable bonds is 6. The number of carbonyl (C=O) groups is 2. The van der Waals surface area contributed by atoms with Gasteiger partial charge in [-0.15, -0.1) is 0 Å². The Hall–Kier alpha value is -1.85. The minimum atomic E-state index is -0.976. The predicted octanol–water partition coefficient (Wildman–Crippen LogP) is 0.919. The van der Waals surface area contributed by atoms with Gasteiger partial charge in [-0.05, 0) is 25.2 Å². The summed E-state index contributed by atoms with van der Waals surface area (Å²) in [6.07, 6.45) is 4.49. The molecule has 1 aromatic heterocycles. The number of carboxylic acids is 1. The van der Waals surface area contributed by atoms with Crippen molar-refractivity contribution in [1.82, 2.24) is 14.7 Å². The zero-order chi connectivity index (χ0) is 14.0. The Morgan fingerprint density at radius 3 is 2.74 bits per heavy atom. The largest absolute Gasteiger partial charge is 0.480 e. The zero-order valence-corrected chi connectivity index (χ0v) is 11.3. The molecule has 1 fully saturated rings. The molecule has 2 rings (SSSR count). The molecule has 19 heavy (non-hydrogen) atoms. The number of carboxylic acid groups (broad SMARTS) is 1. The van der Waals surface area contributed by atoms with Crippen molar-refractivity contribution < 1.29 is 14.7 Å². The number of amides is 1. The van der Waals surface area contributed by atoms with Gasteiger partial charge < -0.3 is 10.0 Å². The van der Waals surface area contributed by atoms with Gasteiger partial charge in [0.2, 0.25) is 0 Å². The highest BCUT2D eigenvalue weighted by Gasteiger charge is 2.29. The molecular weight excluding hydrogens is 246 g/mol. The zero-order valence-electron chi connectivity index (χ0n) is 11.3. The first-order valence-electron chi connectivity index (χ1n) is 6.54. The molecule has 1 N–H and O–H groups in total. The van der Waals surface area contributed by atoms with Crippen molar-refractivity contribution in [2.24, 2.45) is 13.0 Å². The lowest BCUT2D eigenvalue weighted by Crippen LogP contribution is -2.37. The van der Waals surface area contributed by atoms with Crippen LogP contribution in [0.5, 0.6) is 0 Å². The molecule has 1 aliphatic rings. The second kappa shape index (κ2) is 5.42. The number of hydrogen-bond donors (Lipinski definition) is 1. The molecule has 1 amide bonds. The van der Waals surface area contributed by atoms with Crippen LogP contribution >= 0.6 is 0 Å². The third kappa shape index (κ3) is 3.33. The van der Waals surface area contributed by atoms with Crippen molar-refractivity contribution in [3.8, 4) is 0 Å². The van der Waals surface area contributed by atoms with Crippen LogP contribution in [0.15, 0.2) is 6.20 Å². The Morgan fingerprint density at radius 1 is 1.53 bits per heavy atom. The molecule has 0 aliphatic heterocycles. The second-order valence-electron chi connectivity index (χ2n) is 5.04. The van der Waals surface area contributed by atoms with Gasteiger partial charge in [0.1, 0.15) is 6.54 Å². The molecular formula is C13H19N3O3. The van der Waals surface area contributed by atoms with Gasteiger partial charge in [0.05, 0.1) is 11.3 Å². The van der Waals surface area contributed by atoms with Crippen molar-refractivity contribution in [2.45, 2.75) is 26.2 Å². The van der Waals surface area contributed by atoms with E-state index in [9.17, 15) is 9.59 Å². The van der Waals surface area contributed by atoms with Gasteiger partial charge in [0.25, 0.3) is 5.91 Å². The van der Waals surface area contributed by atoms with Gasteiger partial charge >= 0.3 is 5.97 Å². The maximum absolute atomic E-state index is 12.4. The molecule has 104 valence electrons. The van der Waals surface area contributed by atoms with E-state index >= 15 is 0 Å². The third-order valence-electron chi connectivity index (χ3n) is 3.26. The van der Waals surface area contributed by atoms with Crippen LogP contribution in [-0.4, -0.2) is 44.8 Å². The quantitative estimate of drug-likeness (QED) is 0.830. The van der Waals surface area contributed by atoms with Gasteiger partial charge in [0, 0.05) is 19.8 Å². The van der Waals surface area contributed by atoms with Crippen LogP contribution in [0.3, 0.4) is 0 Å². The Kier molecular flexibility index (Phi) is 3.87. The summed E-state index contributed by atoms with van der Waals surface area (Å²) in [6.45, 7) is 2.22.